The molecule has 0 spiro atoms. The Labute approximate surface area is 115 Å². The van der Waals surface area contributed by atoms with E-state index in [-0.39, 0.29) is 17.8 Å². The minimum absolute atomic E-state index is 0.0606. The topological polar surface area (TPSA) is 55.8 Å². The van der Waals surface area contributed by atoms with Gasteiger partial charge in [-0.15, -0.1) is 0 Å². The number of carbonyl (C=O) groups is 2. The summed E-state index contributed by atoms with van der Waals surface area (Å²) in [6.07, 6.45) is 0.0125. The molecular weight excluding hydrogens is 246 g/mol. The Balaban J connectivity index is 2.83. The lowest BCUT2D eigenvalue weighted by molar-refractivity contribution is -0.126. The monoisotopic (exact) mass is 271 g/mol. The fourth-order valence-corrected chi connectivity index (χ4v) is 2.15. The van der Waals surface area contributed by atoms with Gasteiger partial charge in [0.15, 0.2) is 5.78 Å². The predicted octanol–water partition coefficient (Wildman–Crippen LogP) is 2.24. The van der Waals surface area contributed by atoms with Crippen molar-refractivity contribution in [2.45, 2.75) is 58.8 Å². The Morgan fingerprint density at radius 3 is 2.26 bits per heavy atom. The number of nitrogens with zero attached hydrogens (tertiary/aromatic N) is 1. The normalized spacial score (nSPS) is 23.8. The Kier molecular flexibility index (Phi) is 4.96. The van der Waals surface area contributed by atoms with Crippen LogP contribution in [0.1, 0.15) is 41.0 Å². The summed E-state index contributed by atoms with van der Waals surface area (Å²) >= 11 is 0. The van der Waals surface area contributed by atoms with Gasteiger partial charge in [-0.3, -0.25) is 9.69 Å². The van der Waals surface area contributed by atoms with E-state index in [0.717, 1.165) is 0 Å². The second kappa shape index (κ2) is 5.90. The van der Waals surface area contributed by atoms with E-state index in [1.54, 1.807) is 7.11 Å². The van der Waals surface area contributed by atoms with E-state index in [0.29, 0.717) is 13.0 Å². The maximum Gasteiger partial charge on any atom is 0.410 e. The molecule has 1 aliphatic heterocycles. The Hall–Kier alpha value is -1.10. The van der Waals surface area contributed by atoms with Crippen molar-refractivity contribution in [3.63, 3.8) is 0 Å². The lowest BCUT2D eigenvalue weighted by atomic mass is 9.99. The molecule has 1 heterocycles. The molecular formula is C14H25NO4. The molecule has 1 aliphatic rings. The van der Waals surface area contributed by atoms with Crippen LogP contribution >= 0.6 is 0 Å². The molecule has 0 N–H and O–H groups in total. The van der Waals surface area contributed by atoms with Crippen LogP contribution in [0.5, 0.6) is 0 Å². The van der Waals surface area contributed by atoms with Crippen molar-refractivity contribution in [3.05, 3.63) is 0 Å². The number of Topliss-reactive ketones (excluding diaryl/α,β-unsaturated/α-hetero) is 1. The van der Waals surface area contributed by atoms with E-state index in [9.17, 15) is 9.59 Å². The summed E-state index contributed by atoms with van der Waals surface area (Å²) in [5, 5.41) is 0. The number of hydrogen-bond donors (Lipinski definition) is 0. The third-order valence-corrected chi connectivity index (χ3v) is 3.12. The van der Waals surface area contributed by atoms with E-state index >= 15 is 0 Å². The highest BCUT2D eigenvalue weighted by Crippen LogP contribution is 2.25. The Morgan fingerprint density at radius 1 is 1.26 bits per heavy atom. The average molecular weight is 271 g/mol. The lowest BCUT2D eigenvalue weighted by Crippen LogP contribution is -2.44. The highest BCUT2D eigenvalue weighted by molar-refractivity contribution is 5.89. The van der Waals surface area contributed by atoms with Gasteiger partial charge in [0.25, 0.3) is 0 Å². The van der Waals surface area contributed by atoms with E-state index in [1.165, 1.54) is 4.90 Å². The van der Waals surface area contributed by atoms with Crippen molar-refractivity contribution >= 4 is 11.9 Å². The molecule has 1 unspecified atom stereocenters. The van der Waals surface area contributed by atoms with Crippen LogP contribution < -0.4 is 0 Å². The van der Waals surface area contributed by atoms with E-state index < -0.39 is 17.7 Å². The molecule has 110 valence electrons. The molecule has 2 atom stereocenters. The van der Waals surface area contributed by atoms with Crippen molar-refractivity contribution < 1.29 is 19.1 Å². The van der Waals surface area contributed by atoms with Crippen molar-refractivity contribution in [2.75, 3.05) is 13.7 Å². The first-order chi connectivity index (χ1) is 8.65. The van der Waals surface area contributed by atoms with Gasteiger partial charge in [-0.25, -0.2) is 4.79 Å². The van der Waals surface area contributed by atoms with Gasteiger partial charge in [0.05, 0.1) is 18.7 Å². The molecule has 0 saturated carbocycles. The highest BCUT2D eigenvalue weighted by atomic mass is 16.6. The smallest absolute Gasteiger partial charge is 0.410 e. The van der Waals surface area contributed by atoms with Crippen LogP contribution in [0.4, 0.5) is 4.79 Å². The van der Waals surface area contributed by atoms with Crippen LogP contribution in [0.25, 0.3) is 0 Å². The van der Waals surface area contributed by atoms with Crippen LogP contribution in [0.15, 0.2) is 0 Å². The van der Waals surface area contributed by atoms with Crippen LogP contribution in [-0.4, -0.2) is 48.2 Å². The predicted molar refractivity (Wildman–Crippen MR) is 72.0 cm³/mol. The Morgan fingerprint density at radius 2 is 1.84 bits per heavy atom. The van der Waals surface area contributed by atoms with Gasteiger partial charge in [0.2, 0.25) is 0 Å². The van der Waals surface area contributed by atoms with Crippen LogP contribution in [0.2, 0.25) is 0 Å². The van der Waals surface area contributed by atoms with Crippen molar-refractivity contribution in [1.82, 2.24) is 4.90 Å². The maximum atomic E-state index is 12.2. The molecule has 1 rings (SSSR count). The fraction of sp³-hybridized carbons (Fsp3) is 0.857. The molecule has 0 aromatic carbocycles. The van der Waals surface area contributed by atoms with Gasteiger partial charge < -0.3 is 9.47 Å². The second-order valence-electron chi connectivity index (χ2n) is 6.30. The number of rotatable bonds is 3. The van der Waals surface area contributed by atoms with E-state index in [2.05, 4.69) is 0 Å². The van der Waals surface area contributed by atoms with Gasteiger partial charge in [0, 0.05) is 19.4 Å². The molecule has 5 nitrogen and oxygen atoms in total. The summed E-state index contributed by atoms with van der Waals surface area (Å²) < 4.78 is 10.6. The van der Waals surface area contributed by atoms with Gasteiger partial charge in [-0.1, -0.05) is 13.8 Å². The maximum absolute atomic E-state index is 12.2. The lowest BCUT2D eigenvalue weighted by Gasteiger charge is -2.28. The average Bonchev–Trinajstić information content (AvgIpc) is 2.69. The third kappa shape index (κ3) is 4.20. The van der Waals surface area contributed by atoms with Crippen LogP contribution in [0.3, 0.4) is 0 Å². The summed E-state index contributed by atoms with van der Waals surface area (Å²) in [5.41, 5.74) is -0.562. The minimum Gasteiger partial charge on any atom is -0.444 e. The van der Waals surface area contributed by atoms with E-state index in [4.69, 9.17) is 9.47 Å². The third-order valence-electron chi connectivity index (χ3n) is 3.12. The van der Waals surface area contributed by atoms with Crippen molar-refractivity contribution in [3.8, 4) is 0 Å². The van der Waals surface area contributed by atoms with Gasteiger partial charge in [-0.2, -0.15) is 0 Å². The number of ketones is 1. The molecule has 0 aromatic rings. The van der Waals surface area contributed by atoms with Crippen molar-refractivity contribution in [2.24, 2.45) is 5.92 Å². The van der Waals surface area contributed by atoms with Gasteiger partial charge in [0.1, 0.15) is 5.60 Å². The molecule has 0 radical (unpaired) electrons. The first kappa shape index (κ1) is 16.0. The van der Waals surface area contributed by atoms with Crippen LogP contribution in [0, 0.1) is 5.92 Å². The van der Waals surface area contributed by atoms with Crippen LogP contribution in [-0.2, 0) is 14.3 Å². The number of hydrogen-bond acceptors (Lipinski definition) is 4. The summed E-state index contributed by atoms with van der Waals surface area (Å²) in [4.78, 5) is 25.8. The Bertz CT molecular complexity index is 346. The SMILES string of the molecule is CO[C@@H]1CC(C(=O)C(C)C)N(C(=O)OC(C)(C)C)C1. The summed E-state index contributed by atoms with van der Waals surface area (Å²) in [5.74, 6) is -0.0454. The standard InChI is InChI=1S/C14H25NO4/c1-9(2)12(16)11-7-10(18-6)8-15(11)13(17)19-14(3,4)5/h9-11H,7-8H2,1-6H3/t10-,11?/m1/s1. The molecule has 0 aromatic heterocycles. The molecule has 1 amide bonds. The zero-order valence-electron chi connectivity index (χ0n) is 12.7. The molecule has 0 bridgehead atoms. The van der Waals surface area contributed by atoms with Gasteiger partial charge in [-0.05, 0) is 20.8 Å². The summed E-state index contributed by atoms with van der Waals surface area (Å²) in [7, 11) is 1.60. The zero-order valence-corrected chi connectivity index (χ0v) is 12.7. The molecule has 0 aliphatic carbocycles. The number of amides is 1. The van der Waals surface area contributed by atoms with E-state index in [1.807, 2.05) is 34.6 Å². The summed E-state index contributed by atoms with van der Waals surface area (Å²) in [6, 6.07) is -0.431. The second-order valence-corrected chi connectivity index (χ2v) is 6.30. The quantitative estimate of drug-likeness (QED) is 0.790. The molecule has 5 heteroatoms. The molecule has 1 fully saturated rings. The first-order valence-electron chi connectivity index (χ1n) is 6.72. The summed E-state index contributed by atoms with van der Waals surface area (Å²) in [6.45, 7) is 9.54. The highest BCUT2D eigenvalue weighted by Gasteiger charge is 2.41. The number of methoxy groups -OCH3 is 1. The fourth-order valence-electron chi connectivity index (χ4n) is 2.15. The van der Waals surface area contributed by atoms with Gasteiger partial charge >= 0.3 is 6.09 Å². The number of ether oxygens (including phenoxy) is 2. The minimum atomic E-state index is -0.562. The molecule has 19 heavy (non-hydrogen) atoms. The first-order valence-corrected chi connectivity index (χ1v) is 6.72. The number of likely N-dealkylation sites (tertiary alicyclic amines) is 1. The molecule has 1 saturated heterocycles. The zero-order chi connectivity index (χ0) is 14.8. The largest absolute Gasteiger partial charge is 0.444 e. The number of carbonyl (C=O) groups excluding carboxylic acids is 2. The van der Waals surface area contributed by atoms with Crippen molar-refractivity contribution in [1.29, 1.82) is 0 Å².